The standard InChI is InChI=1S/C13H21NOS/c1-9-4-7-13(15-9)10(2)14-11-5-6-12(8-11)16-3/h4,7,10-12,14H,5-6,8H2,1-3H3. The molecule has 16 heavy (non-hydrogen) atoms. The molecule has 2 rings (SSSR count). The predicted molar refractivity (Wildman–Crippen MR) is 69.9 cm³/mol. The number of hydrogen-bond acceptors (Lipinski definition) is 3. The zero-order valence-corrected chi connectivity index (χ0v) is 11.1. The van der Waals surface area contributed by atoms with Gasteiger partial charge in [0.25, 0.3) is 0 Å². The van der Waals surface area contributed by atoms with E-state index >= 15 is 0 Å². The van der Waals surface area contributed by atoms with Gasteiger partial charge in [-0.15, -0.1) is 0 Å². The SMILES string of the molecule is CSC1CCC(NC(C)c2ccc(C)o2)C1. The Morgan fingerprint density at radius 1 is 1.44 bits per heavy atom. The first kappa shape index (κ1) is 12.1. The fourth-order valence-electron chi connectivity index (χ4n) is 2.43. The lowest BCUT2D eigenvalue weighted by Crippen LogP contribution is -2.29. The minimum Gasteiger partial charge on any atom is -0.465 e. The highest BCUT2D eigenvalue weighted by molar-refractivity contribution is 7.99. The number of aryl methyl sites for hydroxylation is 1. The molecule has 1 N–H and O–H groups in total. The maximum Gasteiger partial charge on any atom is 0.120 e. The van der Waals surface area contributed by atoms with Gasteiger partial charge in [-0.3, -0.25) is 0 Å². The van der Waals surface area contributed by atoms with Gasteiger partial charge in [0.2, 0.25) is 0 Å². The number of furan rings is 1. The summed E-state index contributed by atoms with van der Waals surface area (Å²) in [5.41, 5.74) is 0. The molecule has 0 amide bonds. The zero-order valence-electron chi connectivity index (χ0n) is 10.3. The lowest BCUT2D eigenvalue weighted by molar-refractivity contribution is 0.381. The Morgan fingerprint density at radius 3 is 2.81 bits per heavy atom. The van der Waals surface area contributed by atoms with Crippen molar-refractivity contribution in [2.24, 2.45) is 0 Å². The number of hydrogen-bond donors (Lipinski definition) is 1. The lowest BCUT2D eigenvalue weighted by atomic mass is 10.2. The average molecular weight is 239 g/mol. The van der Waals surface area contributed by atoms with Crippen LogP contribution in [-0.2, 0) is 0 Å². The second-order valence-electron chi connectivity index (χ2n) is 4.70. The molecule has 3 heteroatoms. The average Bonchev–Trinajstić information content (AvgIpc) is 2.87. The first-order valence-electron chi connectivity index (χ1n) is 6.04. The molecular weight excluding hydrogens is 218 g/mol. The third kappa shape index (κ3) is 2.83. The molecule has 1 heterocycles. The van der Waals surface area contributed by atoms with Crippen LogP contribution < -0.4 is 5.32 Å². The number of thioether (sulfide) groups is 1. The minimum absolute atomic E-state index is 0.333. The van der Waals surface area contributed by atoms with Crippen molar-refractivity contribution in [2.75, 3.05) is 6.26 Å². The summed E-state index contributed by atoms with van der Waals surface area (Å²) >= 11 is 2.00. The van der Waals surface area contributed by atoms with Crippen LogP contribution in [0.4, 0.5) is 0 Å². The van der Waals surface area contributed by atoms with Crippen LogP contribution in [0, 0.1) is 6.92 Å². The maximum atomic E-state index is 5.64. The molecule has 0 radical (unpaired) electrons. The molecule has 1 aromatic rings. The summed E-state index contributed by atoms with van der Waals surface area (Å²) in [5, 5.41) is 4.52. The Kier molecular flexibility index (Phi) is 3.98. The Labute approximate surface area is 102 Å². The van der Waals surface area contributed by atoms with Gasteiger partial charge in [-0.1, -0.05) is 0 Å². The summed E-state index contributed by atoms with van der Waals surface area (Å²) in [6.45, 7) is 4.18. The van der Waals surface area contributed by atoms with Crippen molar-refractivity contribution in [3.8, 4) is 0 Å². The van der Waals surface area contributed by atoms with Crippen molar-refractivity contribution in [2.45, 2.75) is 50.4 Å². The highest BCUT2D eigenvalue weighted by Crippen LogP contribution is 2.29. The van der Waals surface area contributed by atoms with E-state index in [1.54, 1.807) is 0 Å². The second-order valence-corrected chi connectivity index (χ2v) is 5.84. The van der Waals surface area contributed by atoms with Crippen molar-refractivity contribution >= 4 is 11.8 Å². The van der Waals surface area contributed by atoms with Crippen molar-refractivity contribution < 1.29 is 4.42 Å². The number of rotatable bonds is 4. The Hall–Kier alpha value is -0.410. The van der Waals surface area contributed by atoms with E-state index in [9.17, 15) is 0 Å². The van der Waals surface area contributed by atoms with Gasteiger partial charge in [0.15, 0.2) is 0 Å². The largest absolute Gasteiger partial charge is 0.465 e. The van der Waals surface area contributed by atoms with Crippen molar-refractivity contribution in [1.29, 1.82) is 0 Å². The second kappa shape index (κ2) is 5.28. The molecule has 0 bridgehead atoms. The van der Waals surface area contributed by atoms with Gasteiger partial charge < -0.3 is 9.73 Å². The molecule has 0 spiro atoms. The van der Waals surface area contributed by atoms with Gasteiger partial charge in [0.1, 0.15) is 11.5 Å². The highest BCUT2D eigenvalue weighted by atomic mass is 32.2. The van der Waals surface area contributed by atoms with Gasteiger partial charge in [-0.05, 0) is 51.5 Å². The molecule has 3 atom stereocenters. The van der Waals surface area contributed by atoms with Crippen LogP contribution in [0.5, 0.6) is 0 Å². The molecule has 0 saturated heterocycles. The smallest absolute Gasteiger partial charge is 0.120 e. The third-order valence-electron chi connectivity index (χ3n) is 3.39. The van der Waals surface area contributed by atoms with E-state index in [1.165, 1.54) is 19.3 Å². The lowest BCUT2D eigenvalue weighted by Gasteiger charge is -2.17. The van der Waals surface area contributed by atoms with E-state index in [0.29, 0.717) is 12.1 Å². The zero-order chi connectivity index (χ0) is 11.5. The van der Waals surface area contributed by atoms with Crippen molar-refractivity contribution in [3.05, 3.63) is 23.7 Å². The fraction of sp³-hybridized carbons (Fsp3) is 0.692. The molecule has 1 fully saturated rings. The third-order valence-corrected chi connectivity index (χ3v) is 4.49. The van der Waals surface area contributed by atoms with Gasteiger partial charge in [0.05, 0.1) is 6.04 Å². The van der Waals surface area contributed by atoms with Crippen molar-refractivity contribution in [3.63, 3.8) is 0 Å². The van der Waals surface area contributed by atoms with Crippen LogP contribution in [0.3, 0.4) is 0 Å². The summed E-state index contributed by atoms with van der Waals surface area (Å²) in [4.78, 5) is 0. The first-order chi connectivity index (χ1) is 7.69. The monoisotopic (exact) mass is 239 g/mol. The summed E-state index contributed by atoms with van der Waals surface area (Å²) < 4.78 is 5.64. The van der Waals surface area contributed by atoms with E-state index in [0.717, 1.165) is 16.8 Å². The minimum atomic E-state index is 0.333. The van der Waals surface area contributed by atoms with E-state index in [2.05, 4.69) is 24.6 Å². The fourth-order valence-corrected chi connectivity index (χ4v) is 3.22. The quantitative estimate of drug-likeness (QED) is 0.870. The van der Waals surface area contributed by atoms with E-state index in [1.807, 2.05) is 24.8 Å². The normalized spacial score (nSPS) is 27.2. The van der Waals surface area contributed by atoms with Gasteiger partial charge in [-0.25, -0.2) is 0 Å². The Balaban J connectivity index is 1.86. The topological polar surface area (TPSA) is 25.2 Å². The molecule has 90 valence electrons. The first-order valence-corrected chi connectivity index (χ1v) is 7.33. The Bertz CT molecular complexity index is 336. The highest BCUT2D eigenvalue weighted by Gasteiger charge is 2.25. The summed E-state index contributed by atoms with van der Waals surface area (Å²) in [7, 11) is 0. The molecule has 1 aromatic heterocycles. The number of nitrogens with one attached hydrogen (secondary N) is 1. The molecule has 3 unspecified atom stereocenters. The summed E-state index contributed by atoms with van der Waals surface area (Å²) in [6, 6.07) is 5.11. The van der Waals surface area contributed by atoms with Gasteiger partial charge in [-0.2, -0.15) is 11.8 Å². The maximum absolute atomic E-state index is 5.64. The van der Waals surface area contributed by atoms with Crippen molar-refractivity contribution in [1.82, 2.24) is 5.32 Å². The molecular formula is C13H21NOS. The van der Waals surface area contributed by atoms with Gasteiger partial charge in [0, 0.05) is 11.3 Å². The van der Waals surface area contributed by atoms with Crippen LogP contribution in [0.2, 0.25) is 0 Å². The molecule has 2 nitrogen and oxygen atoms in total. The van der Waals surface area contributed by atoms with Crippen LogP contribution >= 0.6 is 11.8 Å². The van der Waals surface area contributed by atoms with Gasteiger partial charge >= 0.3 is 0 Å². The van der Waals surface area contributed by atoms with Crippen LogP contribution in [-0.4, -0.2) is 17.5 Å². The Morgan fingerprint density at radius 2 is 2.25 bits per heavy atom. The molecule has 1 aliphatic rings. The molecule has 1 saturated carbocycles. The summed E-state index contributed by atoms with van der Waals surface area (Å²) in [5.74, 6) is 2.06. The van der Waals surface area contributed by atoms with E-state index < -0.39 is 0 Å². The van der Waals surface area contributed by atoms with E-state index in [-0.39, 0.29) is 0 Å². The molecule has 0 aliphatic heterocycles. The van der Waals surface area contributed by atoms with Crippen LogP contribution in [0.1, 0.15) is 43.7 Å². The summed E-state index contributed by atoms with van der Waals surface area (Å²) in [6.07, 6.45) is 6.16. The van der Waals surface area contributed by atoms with E-state index in [4.69, 9.17) is 4.42 Å². The van der Waals surface area contributed by atoms with Crippen LogP contribution in [0.25, 0.3) is 0 Å². The molecule has 0 aromatic carbocycles. The van der Waals surface area contributed by atoms with Crippen LogP contribution in [0.15, 0.2) is 16.5 Å². The predicted octanol–water partition coefficient (Wildman–Crippen LogP) is 3.52. The molecule has 1 aliphatic carbocycles.